The third kappa shape index (κ3) is 3.76. The molecule has 0 fully saturated rings. The summed E-state index contributed by atoms with van der Waals surface area (Å²) in [5.74, 6) is 1.24. The second-order valence-electron chi connectivity index (χ2n) is 8.20. The molecule has 5 aromatic rings. The van der Waals surface area contributed by atoms with Crippen molar-refractivity contribution in [1.82, 2.24) is 39.3 Å². The van der Waals surface area contributed by atoms with Gasteiger partial charge in [-0.05, 0) is 41.8 Å². The van der Waals surface area contributed by atoms with Gasteiger partial charge in [-0.2, -0.15) is 5.21 Å². The molecule has 3 aromatic heterocycles. The molecular formula is C25H26N8O2. The smallest absolute Gasteiger partial charge is 0.318 e. The number of imidazole rings is 1. The number of aryl methyl sites for hydroxylation is 2. The van der Waals surface area contributed by atoms with Crippen molar-refractivity contribution in [3.8, 4) is 22.5 Å². The van der Waals surface area contributed by atoms with Crippen LogP contribution in [-0.2, 0) is 26.1 Å². The third-order valence-corrected chi connectivity index (χ3v) is 6.24. The van der Waals surface area contributed by atoms with E-state index in [0.717, 1.165) is 28.1 Å². The fraction of sp³-hybridized carbons (Fsp3) is 0.280. The summed E-state index contributed by atoms with van der Waals surface area (Å²) in [6, 6.07) is 16.1. The lowest BCUT2D eigenvalue weighted by Crippen LogP contribution is -2.40. The highest BCUT2D eigenvalue weighted by Crippen LogP contribution is 2.31. The number of hydrogen-bond acceptors (Lipinski definition) is 6. The molecule has 0 aliphatic heterocycles. The highest BCUT2D eigenvalue weighted by molar-refractivity contribution is 5.81. The van der Waals surface area contributed by atoms with Crippen LogP contribution in [0.1, 0.15) is 32.2 Å². The number of nitrogens with zero attached hydrogens (tertiary/aromatic N) is 7. The lowest BCUT2D eigenvalue weighted by atomic mass is 9.97. The lowest BCUT2D eigenvalue weighted by molar-refractivity contribution is 0.603. The van der Waals surface area contributed by atoms with Crippen LogP contribution in [0, 0.1) is 0 Å². The monoisotopic (exact) mass is 470 g/mol. The number of nitrogens with one attached hydrogen (secondary N) is 1. The van der Waals surface area contributed by atoms with Crippen LogP contribution in [0.15, 0.2) is 58.1 Å². The average Bonchev–Trinajstić information content (AvgIpc) is 3.54. The first-order valence-corrected chi connectivity index (χ1v) is 11.7. The summed E-state index contributed by atoms with van der Waals surface area (Å²) >= 11 is 0. The molecule has 0 aliphatic carbocycles. The van der Waals surface area contributed by atoms with Crippen LogP contribution in [-0.4, -0.2) is 39.3 Å². The van der Waals surface area contributed by atoms with Gasteiger partial charge in [-0.15, -0.1) is 10.2 Å². The largest absolute Gasteiger partial charge is 0.332 e. The molecule has 2 aromatic carbocycles. The quantitative estimate of drug-likeness (QED) is 0.391. The van der Waals surface area contributed by atoms with E-state index >= 15 is 0 Å². The summed E-state index contributed by atoms with van der Waals surface area (Å²) in [6.07, 6.45) is 0.623. The number of H-pyrrole nitrogens is 1. The van der Waals surface area contributed by atoms with Crippen molar-refractivity contribution in [1.29, 1.82) is 0 Å². The van der Waals surface area contributed by atoms with Gasteiger partial charge in [0.15, 0.2) is 11.2 Å². The van der Waals surface area contributed by atoms with Gasteiger partial charge in [-0.3, -0.25) is 13.9 Å². The van der Waals surface area contributed by atoms with Gasteiger partial charge in [0.05, 0.1) is 0 Å². The molecule has 0 unspecified atom stereocenters. The zero-order valence-electron chi connectivity index (χ0n) is 19.9. The summed E-state index contributed by atoms with van der Waals surface area (Å²) in [4.78, 5) is 30.9. The van der Waals surface area contributed by atoms with Crippen molar-refractivity contribution in [3.05, 3.63) is 80.8 Å². The van der Waals surface area contributed by atoms with Crippen LogP contribution < -0.4 is 11.2 Å². The molecule has 0 amide bonds. The minimum absolute atomic E-state index is 0.300. The SMILES string of the molecule is CCc1nc2c(c(=O)n(CC)c(=O)n2CC)n1Cc1ccc(-c2ccccc2)c(-c2nn[nH]n2)c1. The maximum absolute atomic E-state index is 13.3. The van der Waals surface area contributed by atoms with E-state index in [0.29, 0.717) is 43.0 Å². The minimum Gasteiger partial charge on any atom is -0.318 e. The summed E-state index contributed by atoms with van der Waals surface area (Å²) in [5, 5.41) is 14.7. The predicted molar refractivity (Wildman–Crippen MR) is 133 cm³/mol. The first-order chi connectivity index (χ1) is 17.1. The van der Waals surface area contributed by atoms with Gasteiger partial charge in [0.1, 0.15) is 5.82 Å². The van der Waals surface area contributed by atoms with Crippen molar-refractivity contribution in [3.63, 3.8) is 0 Å². The van der Waals surface area contributed by atoms with Crippen LogP contribution >= 0.6 is 0 Å². The topological polar surface area (TPSA) is 116 Å². The molecule has 0 radical (unpaired) electrons. The summed E-state index contributed by atoms with van der Waals surface area (Å²) in [6.45, 7) is 6.83. The average molecular weight is 471 g/mol. The first kappa shape index (κ1) is 22.5. The predicted octanol–water partition coefficient (Wildman–Crippen LogP) is 2.86. The van der Waals surface area contributed by atoms with Gasteiger partial charge in [-0.25, -0.2) is 9.78 Å². The number of benzene rings is 2. The number of aromatic amines is 1. The van der Waals surface area contributed by atoms with Crippen LogP contribution in [0.2, 0.25) is 0 Å². The standard InChI is InChI=1S/C25H26N8O2/c1-4-20-26-23-21(24(34)32(6-3)25(35)31(23)5-2)33(20)15-16-12-13-18(17-10-8-7-9-11-17)19(14-16)22-27-29-30-28-22/h7-14H,4-6,15H2,1-3H3,(H,27,28,29,30). The van der Waals surface area contributed by atoms with Crippen LogP contribution in [0.4, 0.5) is 0 Å². The van der Waals surface area contributed by atoms with E-state index in [-0.39, 0.29) is 11.2 Å². The highest BCUT2D eigenvalue weighted by Gasteiger charge is 2.21. The van der Waals surface area contributed by atoms with Gasteiger partial charge in [0.2, 0.25) is 5.82 Å². The van der Waals surface area contributed by atoms with E-state index in [9.17, 15) is 9.59 Å². The van der Waals surface area contributed by atoms with Gasteiger partial charge < -0.3 is 4.57 Å². The minimum atomic E-state index is -0.327. The molecule has 0 atom stereocenters. The lowest BCUT2D eigenvalue weighted by Gasteiger charge is -2.13. The Morgan fingerprint density at radius 3 is 2.31 bits per heavy atom. The Balaban J connectivity index is 1.70. The molecule has 0 spiro atoms. The number of tetrazole rings is 1. The molecule has 1 N–H and O–H groups in total. The number of hydrogen-bond donors (Lipinski definition) is 1. The summed E-state index contributed by atoms with van der Waals surface area (Å²) in [7, 11) is 0. The Bertz CT molecular complexity index is 1610. The zero-order valence-corrected chi connectivity index (χ0v) is 19.9. The van der Waals surface area contributed by atoms with Crippen molar-refractivity contribution in [2.75, 3.05) is 0 Å². The molecule has 5 rings (SSSR count). The number of rotatable bonds is 7. The zero-order chi connectivity index (χ0) is 24.5. The van der Waals surface area contributed by atoms with Crippen LogP contribution in [0.3, 0.4) is 0 Å². The van der Waals surface area contributed by atoms with E-state index in [1.54, 1.807) is 11.5 Å². The Morgan fingerprint density at radius 2 is 1.66 bits per heavy atom. The summed E-state index contributed by atoms with van der Waals surface area (Å²) in [5.41, 5.74) is 4.04. The fourth-order valence-electron chi connectivity index (χ4n) is 4.54. The fourth-order valence-corrected chi connectivity index (χ4v) is 4.54. The maximum Gasteiger partial charge on any atom is 0.332 e. The van der Waals surface area contributed by atoms with Crippen molar-refractivity contribution < 1.29 is 0 Å². The molecule has 3 heterocycles. The van der Waals surface area contributed by atoms with E-state index < -0.39 is 0 Å². The van der Waals surface area contributed by atoms with E-state index in [1.165, 1.54) is 4.57 Å². The van der Waals surface area contributed by atoms with Gasteiger partial charge in [0, 0.05) is 31.6 Å². The molecule has 0 saturated carbocycles. The molecule has 0 bridgehead atoms. The third-order valence-electron chi connectivity index (χ3n) is 6.24. The van der Waals surface area contributed by atoms with Gasteiger partial charge in [0.25, 0.3) is 5.56 Å². The maximum atomic E-state index is 13.3. The van der Waals surface area contributed by atoms with Crippen LogP contribution in [0.25, 0.3) is 33.7 Å². The Morgan fingerprint density at radius 1 is 0.886 bits per heavy atom. The summed E-state index contributed by atoms with van der Waals surface area (Å²) < 4.78 is 4.76. The Hall–Kier alpha value is -4.34. The molecule has 10 heteroatoms. The first-order valence-electron chi connectivity index (χ1n) is 11.7. The Labute approximate surface area is 200 Å². The highest BCUT2D eigenvalue weighted by atomic mass is 16.2. The van der Waals surface area contributed by atoms with Crippen molar-refractivity contribution in [2.24, 2.45) is 0 Å². The van der Waals surface area contributed by atoms with E-state index in [2.05, 4.69) is 20.6 Å². The van der Waals surface area contributed by atoms with E-state index in [4.69, 9.17) is 4.98 Å². The second-order valence-corrected chi connectivity index (χ2v) is 8.20. The second kappa shape index (κ2) is 9.13. The normalized spacial score (nSPS) is 11.4. The molecular weight excluding hydrogens is 444 g/mol. The van der Waals surface area contributed by atoms with E-state index in [1.807, 2.05) is 66.9 Å². The molecule has 0 aliphatic rings. The molecule has 178 valence electrons. The van der Waals surface area contributed by atoms with Crippen molar-refractivity contribution >= 4 is 11.2 Å². The number of aromatic nitrogens is 8. The van der Waals surface area contributed by atoms with Gasteiger partial charge in [-0.1, -0.05) is 49.4 Å². The molecule has 0 saturated heterocycles. The molecule has 10 nitrogen and oxygen atoms in total. The Kier molecular flexibility index (Phi) is 5.86. The van der Waals surface area contributed by atoms with Crippen LogP contribution in [0.5, 0.6) is 0 Å². The number of fused-ring (bicyclic) bond motifs is 1. The van der Waals surface area contributed by atoms with Crippen molar-refractivity contribution in [2.45, 2.75) is 46.8 Å². The molecule has 35 heavy (non-hydrogen) atoms. The van der Waals surface area contributed by atoms with Gasteiger partial charge >= 0.3 is 5.69 Å².